The summed E-state index contributed by atoms with van der Waals surface area (Å²) in [5.74, 6) is -0.0846. The van der Waals surface area contributed by atoms with Crippen molar-refractivity contribution in [3.8, 4) is 0 Å². The molecule has 1 aromatic carbocycles. The SMILES string of the molecule is CNCC1(C(c2ccccc2F)N(C)C)CCC1. The van der Waals surface area contributed by atoms with Crippen LogP contribution in [0.2, 0.25) is 0 Å². The van der Waals surface area contributed by atoms with E-state index in [0.29, 0.717) is 0 Å². The van der Waals surface area contributed by atoms with E-state index < -0.39 is 0 Å². The van der Waals surface area contributed by atoms with Gasteiger partial charge in [-0.1, -0.05) is 24.6 Å². The second-order valence-corrected chi connectivity index (χ2v) is 5.63. The van der Waals surface area contributed by atoms with Crippen LogP contribution in [0.3, 0.4) is 0 Å². The van der Waals surface area contributed by atoms with Crippen LogP contribution >= 0.6 is 0 Å². The lowest BCUT2D eigenvalue weighted by Crippen LogP contribution is -2.48. The molecule has 0 heterocycles. The number of nitrogens with one attached hydrogen (secondary N) is 1. The highest BCUT2D eigenvalue weighted by Crippen LogP contribution is 2.52. The predicted octanol–water partition coefficient (Wildman–Crippen LogP) is 2.82. The number of hydrogen-bond donors (Lipinski definition) is 1. The number of benzene rings is 1. The Labute approximate surface area is 109 Å². The molecule has 1 atom stereocenters. The third-order valence-electron chi connectivity index (χ3n) is 4.17. The van der Waals surface area contributed by atoms with Crippen LogP contribution in [0.1, 0.15) is 30.9 Å². The van der Waals surface area contributed by atoms with Crippen LogP contribution in [0.15, 0.2) is 24.3 Å². The van der Waals surface area contributed by atoms with Gasteiger partial charge in [0, 0.05) is 23.6 Å². The molecular formula is C15H23FN2. The summed E-state index contributed by atoms with van der Waals surface area (Å²) >= 11 is 0. The molecule has 2 rings (SSSR count). The average molecular weight is 250 g/mol. The first-order chi connectivity index (χ1) is 8.60. The first-order valence-electron chi connectivity index (χ1n) is 6.66. The largest absolute Gasteiger partial charge is 0.319 e. The van der Waals surface area contributed by atoms with Crippen molar-refractivity contribution >= 4 is 0 Å². The minimum atomic E-state index is -0.0846. The van der Waals surface area contributed by atoms with Gasteiger partial charge in [0.25, 0.3) is 0 Å². The molecule has 0 radical (unpaired) electrons. The van der Waals surface area contributed by atoms with Crippen molar-refractivity contribution in [2.24, 2.45) is 5.41 Å². The summed E-state index contributed by atoms with van der Waals surface area (Å²) in [6, 6.07) is 7.34. The number of rotatable bonds is 5. The van der Waals surface area contributed by atoms with Crippen molar-refractivity contribution in [2.75, 3.05) is 27.7 Å². The van der Waals surface area contributed by atoms with Gasteiger partial charge in [0.2, 0.25) is 0 Å². The van der Waals surface area contributed by atoms with Gasteiger partial charge >= 0.3 is 0 Å². The van der Waals surface area contributed by atoms with Crippen LogP contribution in [-0.4, -0.2) is 32.6 Å². The fourth-order valence-corrected chi connectivity index (χ4v) is 3.38. The summed E-state index contributed by atoms with van der Waals surface area (Å²) in [5.41, 5.74) is 1.01. The van der Waals surface area contributed by atoms with Gasteiger partial charge in [-0.25, -0.2) is 4.39 Å². The number of nitrogens with zero attached hydrogens (tertiary/aromatic N) is 1. The first kappa shape index (κ1) is 13.5. The van der Waals surface area contributed by atoms with Crippen molar-refractivity contribution < 1.29 is 4.39 Å². The van der Waals surface area contributed by atoms with Crippen molar-refractivity contribution in [1.82, 2.24) is 10.2 Å². The molecular weight excluding hydrogens is 227 g/mol. The molecule has 0 aliphatic heterocycles. The Balaban J connectivity index is 2.37. The Morgan fingerprint density at radius 1 is 1.33 bits per heavy atom. The molecule has 1 fully saturated rings. The van der Waals surface area contributed by atoms with E-state index >= 15 is 0 Å². The van der Waals surface area contributed by atoms with Crippen LogP contribution in [0.5, 0.6) is 0 Å². The van der Waals surface area contributed by atoms with Gasteiger partial charge in [-0.05, 0) is 40.1 Å². The highest BCUT2D eigenvalue weighted by atomic mass is 19.1. The normalized spacial score (nSPS) is 19.6. The summed E-state index contributed by atoms with van der Waals surface area (Å²) in [6.45, 7) is 0.949. The molecule has 3 heteroatoms. The summed E-state index contributed by atoms with van der Waals surface area (Å²) < 4.78 is 14.1. The first-order valence-corrected chi connectivity index (χ1v) is 6.66. The molecule has 0 aromatic heterocycles. The molecule has 1 aromatic rings. The Morgan fingerprint density at radius 3 is 2.44 bits per heavy atom. The van der Waals surface area contributed by atoms with Crippen LogP contribution in [0, 0.1) is 11.2 Å². The van der Waals surface area contributed by atoms with Crippen molar-refractivity contribution in [3.05, 3.63) is 35.6 Å². The minimum absolute atomic E-state index is 0.0846. The van der Waals surface area contributed by atoms with Crippen LogP contribution in [0.25, 0.3) is 0 Å². The van der Waals surface area contributed by atoms with E-state index in [0.717, 1.165) is 12.1 Å². The lowest BCUT2D eigenvalue weighted by Gasteiger charge is -2.50. The molecule has 0 saturated heterocycles. The van der Waals surface area contributed by atoms with Gasteiger partial charge < -0.3 is 10.2 Å². The van der Waals surface area contributed by atoms with Gasteiger partial charge in [-0.3, -0.25) is 0 Å². The summed E-state index contributed by atoms with van der Waals surface area (Å²) in [7, 11) is 6.08. The number of halogens is 1. The smallest absolute Gasteiger partial charge is 0.128 e. The average Bonchev–Trinajstić information content (AvgIpc) is 2.28. The Morgan fingerprint density at radius 2 is 2.00 bits per heavy atom. The van der Waals surface area contributed by atoms with E-state index in [4.69, 9.17) is 0 Å². The predicted molar refractivity (Wildman–Crippen MR) is 73.0 cm³/mol. The summed E-state index contributed by atoms with van der Waals surface area (Å²) in [6.07, 6.45) is 3.59. The second-order valence-electron chi connectivity index (χ2n) is 5.63. The number of hydrogen-bond acceptors (Lipinski definition) is 2. The van der Waals surface area contributed by atoms with Gasteiger partial charge in [-0.2, -0.15) is 0 Å². The molecule has 0 amide bonds. The standard InChI is InChI=1S/C15H23FN2/c1-17-11-15(9-6-10-15)14(18(2)3)12-7-4-5-8-13(12)16/h4-5,7-8,14,17H,6,9-11H2,1-3H3. The molecule has 1 unspecified atom stereocenters. The van der Waals surface area contributed by atoms with Gasteiger partial charge in [0.05, 0.1) is 0 Å². The highest BCUT2D eigenvalue weighted by molar-refractivity contribution is 5.25. The van der Waals surface area contributed by atoms with E-state index in [1.165, 1.54) is 19.3 Å². The van der Waals surface area contributed by atoms with Crippen molar-refractivity contribution in [1.29, 1.82) is 0 Å². The molecule has 1 saturated carbocycles. The lowest BCUT2D eigenvalue weighted by atomic mass is 9.62. The van der Waals surface area contributed by atoms with E-state index in [1.54, 1.807) is 12.1 Å². The summed E-state index contributed by atoms with van der Waals surface area (Å²) in [4.78, 5) is 2.16. The van der Waals surface area contributed by atoms with Gasteiger partial charge in [0.1, 0.15) is 5.82 Å². The van der Waals surface area contributed by atoms with Crippen LogP contribution < -0.4 is 5.32 Å². The zero-order chi connectivity index (χ0) is 13.2. The quantitative estimate of drug-likeness (QED) is 0.864. The monoisotopic (exact) mass is 250 g/mol. The molecule has 1 N–H and O–H groups in total. The van der Waals surface area contributed by atoms with E-state index in [9.17, 15) is 4.39 Å². The zero-order valence-corrected chi connectivity index (χ0v) is 11.5. The van der Waals surface area contributed by atoms with Crippen molar-refractivity contribution in [2.45, 2.75) is 25.3 Å². The summed E-state index contributed by atoms with van der Waals surface area (Å²) in [5, 5.41) is 3.29. The van der Waals surface area contributed by atoms with Gasteiger partial charge in [0.15, 0.2) is 0 Å². The molecule has 18 heavy (non-hydrogen) atoms. The van der Waals surface area contributed by atoms with E-state index in [2.05, 4.69) is 10.2 Å². The maximum atomic E-state index is 14.1. The van der Waals surface area contributed by atoms with Gasteiger partial charge in [-0.15, -0.1) is 0 Å². The Hall–Kier alpha value is -0.930. The van der Waals surface area contributed by atoms with Crippen LogP contribution in [-0.2, 0) is 0 Å². The fraction of sp³-hybridized carbons (Fsp3) is 0.600. The Bertz CT molecular complexity index is 399. The lowest BCUT2D eigenvalue weighted by molar-refractivity contribution is 0.0197. The minimum Gasteiger partial charge on any atom is -0.319 e. The third kappa shape index (κ3) is 2.29. The topological polar surface area (TPSA) is 15.3 Å². The second kappa shape index (κ2) is 5.37. The third-order valence-corrected chi connectivity index (χ3v) is 4.17. The van der Waals surface area contributed by atoms with E-state index in [-0.39, 0.29) is 17.3 Å². The van der Waals surface area contributed by atoms with Crippen molar-refractivity contribution in [3.63, 3.8) is 0 Å². The molecule has 0 spiro atoms. The molecule has 0 bridgehead atoms. The zero-order valence-electron chi connectivity index (χ0n) is 11.5. The fourth-order valence-electron chi connectivity index (χ4n) is 3.38. The van der Waals surface area contributed by atoms with Crippen LogP contribution in [0.4, 0.5) is 4.39 Å². The molecule has 100 valence electrons. The van der Waals surface area contributed by atoms with E-state index in [1.807, 2.05) is 33.3 Å². The molecule has 1 aliphatic carbocycles. The maximum Gasteiger partial charge on any atom is 0.128 e. The Kier molecular flexibility index (Phi) is 4.03. The molecule has 1 aliphatic rings. The molecule has 2 nitrogen and oxygen atoms in total. The maximum absolute atomic E-state index is 14.1. The highest BCUT2D eigenvalue weighted by Gasteiger charge is 2.45.